The van der Waals surface area contributed by atoms with Crippen LogP contribution in [0.3, 0.4) is 0 Å². The molecule has 3 rings (SSSR count). The Morgan fingerprint density at radius 1 is 0.741 bits per heavy atom. The van der Waals surface area contributed by atoms with Crippen LogP contribution in [-0.4, -0.2) is 19.2 Å². The van der Waals surface area contributed by atoms with Crippen LogP contribution in [-0.2, 0) is 11.2 Å². The molecule has 27 heavy (non-hydrogen) atoms. The summed E-state index contributed by atoms with van der Waals surface area (Å²) in [6.07, 6.45) is 2.21. The third kappa shape index (κ3) is 6.35. The van der Waals surface area contributed by atoms with Gasteiger partial charge in [0.25, 0.3) is 0 Å². The van der Waals surface area contributed by atoms with E-state index < -0.39 is 0 Å². The summed E-state index contributed by atoms with van der Waals surface area (Å²) >= 11 is 0. The second-order valence-corrected chi connectivity index (χ2v) is 6.95. The van der Waals surface area contributed by atoms with Crippen LogP contribution >= 0.6 is 0 Å². The Hall–Kier alpha value is -2.42. The summed E-state index contributed by atoms with van der Waals surface area (Å²) in [7, 11) is 0. The van der Waals surface area contributed by atoms with Crippen LogP contribution in [0.1, 0.15) is 36.1 Å². The predicted octanol–water partition coefficient (Wildman–Crippen LogP) is 5.40. The van der Waals surface area contributed by atoms with Gasteiger partial charge in [0.1, 0.15) is 6.10 Å². The lowest BCUT2D eigenvalue weighted by atomic mass is 10.0. The Bertz CT molecular complexity index is 719. The molecule has 0 spiro atoms. The summed E-state index contributed by atoms with van der Waals surface area (Å²) in [4.78, 5) is 0. The Kier molecular flexibility index (Phi) is 7.64. The van der Waals surface area contributed by atoms with Crippen molar-refractivity contribution in [3.8, 4) is 0 Å². The highest BCUT2D eigenvalue weighted by molar-refractivity contribution is 5.29. The first-order valence-corrected chi connectivity index (χ1v) is 9.82. The monoisotopic (exact) mass is 359 g/mol. The topological polar surface area (TPSA) is 21.3 Å². The van der Waals surface area contributed by atoms with E-state index in [4.69, 9.17) is 4.74 Å². The first kappa shape index (κ1) is 19.3. The number of benzene rings is 3. The Labute approximate surface area is 163 Å². The lowest BCUT2D eigenvalue weighted by molar-refractivity contribution is 0.0807. The van der Waals surface area contributed by atoms with E-state index in [1.807, 2.05) is 12.1 Å². The van der Waals surface area contributed by atoms with Gasteiger partial charge in [-0.1, -0.05) is 91.0 Å². The van der Waals surface area contributed by atoms with Crippen molar-refractivity contribution in [3.05, 3.63) is 108 Å². The first-order valence-electron chi connectivity index (χ1n) is 9.82. The molecule has 2 heteroatoms. The van der Waals surface area contributed by atoms with Crippen LogP contribution in [0.15, 0.2) is 91.0 Å². The molecular formula is C25H29NO. The number of aryl methyl sites for hydroxylation is 1. The van der Waals surface area contributed by atoms with E-state index >= 15 is 0 Å². The number of nitrogens with one attached hydrogen (secondary N) is 1. The molecule has 0 saturated heterocycles. The minimum atomic E-state index is -0.0196. The molecule has 0 bridgehead atoms. The fourth-order valence-corrected chi connectivity index (χ4v) is 3.25. The van der Waals surface area contributed by atoms with E-state index in [1.54, 1.807) is 0 Å². The van der Waals surface area contributed by atoms with Crippen LogP contribution < -0.4 is 5.32 Å². The smallest absolute Gasteiger partial charge is 0.108 e. The summed E-state index contributed by atoms with van der Waals surface area (Å²) in [6.45, 7) is 3.78. The van der Waals surface area contributed by atoms with Crippen LogP contribution in [0.2, 0.25) is 0 Å². The van der Waals surface area contributed by atoms with Gasteiger partial charge >= 0.3 is 0 Å². The molecule has 140 valence electrons. The highest BCUT2D eigenvalue weighted by Gasteiger charge is 2.14. The molecule has 0 aliphatic carbocycles. The van der Waals surface area contributed by atoms with Gasteiger partial charge in [-0.05, 0) is 36.5 Å². The van der Waals surface area contributed by atoms with E-state index in [-0.39, 0.29) is 6.10 Å². The van der Waals surface area contributed by atoms with Gasteiger partial charge < -0.3 is 10.1 Å². The Balaban J connectivity index is 1.46. The standard InChI is InChI=1S/C25H29NO/c1-21(17-18-22-11-5-2-6-12-22)26-19-20-27-25(23-13-7-3-8-14-23)24-15-9-4-10-16-24/h2-16,21,25-26H,17-20H2,1H3. The van der Waals surface area contributed by atoms with Crippen molar-refractivity contribution in [2.75, 3.05) is 13.2 Å². The predicted molar refractivity (Wildman–Crippen MR) is 113 cm³/mol. The van der Waals surface area contributed by atoms with Crippen molar-refractivity contribution in [3.63, 3.8) is 0 Å². The van der Waals surface area contributed by atoms with Gasteiger partial charge in [0, 0.05) is 12.6 Å². The molecule has 3 aromatic carbocycles. The molecular weight excluding hydrogens is 330 g/mol. The molecule has 0 fully saturated rings. The van der Waals surface area contributed by atoms with E-state index in [0.29, 0.717) is 12.6 Å². The molecule has 2 nitrogen and oxygen atoms in total. The zero-order chi connectivity index (χ0) is 18.7. The minimum Gasteiger partial charge on any atom is -0.367 e. The van der Waals surface area contributed by atoms with E-state index in [2.05, 4.69) is 91.1 Å². The zero-order valence-electron chi connectivity index (χ0n) is 16.1. The van der Waals surface area contributed by atoms with Gasteiger partial charge in [0.2, 0.25) is 0 Å². The molecule has 0 radical (unpaired) electrons. The average Bonchev–Trinajstić information content (AvgIpc) is 2.74. The van der Waals surface area contributed by atoms with Crippen LogP contribution in [0, 0.1) is 0 Å². The maximum absolute atomic E-state index is 6.26. The van der Waals surface area contributed by atoms with Crippen molar-refractivity contribution in [1.29, 1.82) is 0 Å². The van der Waals surface area contributed by atoms with Crippen LogP contribution in [0.4, 0.5) is 0 Å². The molecule has 1 N–H and O–H groups in total. The highest BCUT2D eigenvalue weighted by atomic mass is 16.5. The maximum atomic E-state index is 6.26. The molecule has 0 heterocycles. The van der Waals surface area contributed by atoms with Gasteiger partial charge in [-0.3, -0.25) is 0 Å². The largest absolute Gasteiger partial charge is 0.367 e. The van der Waals surface area contributed by atoms with Crippen molar-refractivity contribution < 1.29 is 4.74 Å². The maximum Gasteiger partial charge on any atom is 0.108 e. The van der Waals surface area contributed by atoms with E-state index in [9.17, 15) is 0 Å². The number of hydrogen-bond acceptors (Lipinski definition) is 2. The third-order valence-electron chi connectivity index (χ3n) is 4.79. The normalized spacial score (nSPS) is 12.2. The zero-order valence-corrected chi connectivity index (χ0v) is 16.1. The Morgan fingerprint density at radius 3 is 1.81 bits per heavy atom. The van der Waals surface area contributed by atoms with Crippen molar-refractivity contribution in [2.45, 2.75) is 31.9 Å². The Morgan fingerprint density at radius 2 is 1.26 bits per heavy atom. The summed E-state index contributed by atoms with van der Waals surface area (Å²) < 4.78 is 6.26. The minimum absolute atomic E-state index is 0.0196. The van der Waals surface area contributed by atoms with Gasteiger partial charge in [0.15, 0.2) is 0 Å². The van der Waals surface area contributed by atoms with E-state index in [1.165, 1.54) is 16.7 Å². The number of ether oxygens (including phenoxy) is 1. The fraction of sp³-hybridized carbons (Fsp3) is 0.280. The number of rotatable bonds is 10. The first-order chi connectivity index (χ1) is 13.3. The average molecular weight is 360 g/mol. The molecule has 0 saturated carbocycles. The molecule has 0 aliphatic heterocycles. The van der Waals surface area contributed by atoms with Gasteiger partial charge in [-0.15, -0.1) is 0 Å². The molecule has 0 amide bonds. The second kappa shape index (κ2) is 10.7. The van der Waals surface area contributed by atoms with Crippen molar-refractivity contribution in [2.24, 2.45) is 0 Å². The van der Waals surface area contributed by atoms with Gasteiger partial charge in [0.05, 0.1) is 6.61 Å². The quantitative estimate of drug-likeness (QED) is 0.489. The SMILES string of the molecule is CC(CCc1ccccc1)NCCOC(c1ccccc1)c1ccccc1. The van der Waals surface area contributed by atoms with Gasteiger partial charge in [-0.2, -0.15) is 0 Å². The summed E-state index contributed by atoms with van der Waals surface area (Å²) in [5, 5.41) is 3.59. The van der Waals surface area contributed by atoms with E-state index in [0.717, 1.165) is 19.4 Å². The molecule has 0 aromatic heterocycles. The molecule has 1 unspecified atom stereocenters. The molecule has 0 aliphatic rings. The lowest BCUT2D eigenvalue weighted by Gasteiger charge is -2.20. The van der Waals surface area contributed by atoms with Crippen molar-refractivity contribution >= 4 is 0 Å². The molecule has 1 atom stereocenters. The number of hydrogen-bond donors (Lipinski definition) is 1. The lowest BCUT2D eigenvalue weighted by Crippen LogP contribution is -2.30. The summed E-state index contributed by atoms with van der Waals surface area (Å²) in [6, 6.07) is 32.0. The summed E-state index contributed by atoms with van der Waals surface area (Å²) in [5.74, 6) is 0. The third-order valence-corrected chi connectivity index (χ3v) is 4.79. The second-order valence-electron chi connectivity index (χ2n) is 6.95. The highest BCUT2D eigenvalue weighted by Crippen LogP contribution is 2.25. The van der Waals surface area contributed by atoms with Crippen LogP contribution in [0.5, 0.6) is 0 Å². The fourth-order valence-electron chi connectivity index (χ4n) is 3.25. The van der Waals surface area contributed by atoms with Crippen molar-refractivity contribution in [1.82, 2.24) is 5.32 Å². The molecule has 3 aromatic rings. The van der Waals surface area contributed by atoms with Crippen LogP contribution in [0.25, 0.3) is 0 Å². The summed E-state index contributed by atoms with van der Waals surface area (Å²) in [5.41, 5.74) is 3.79. The van der Waals surface area contributed by atoms with Gasteiger partial charge in [-0.25, -0.2) is 0 Å².